The minimum atomic E-state index is -3.82. The highest BCUT2D eigenvalue weighted by atomic mass is 35.5. The van der Waals surface area contributed by atoms with Crippen LogP contribution in [-0.4, -0.2) is 18.4 Å². The lowest BCUT2D eigenvalue weighted by Crippen LogP contribution is -2.13. The number of halogens is 1. The number of nitrogens with zero attached hydrogens (tertiary/aromatic N) is 1. The summed E-state index contributed by atoms with van der Waals surface area (Å²) in [6.45, 7) is 0. The molecule has 0 fully saturated rings. The zero-order valence-electron chi connectivity index (χ0n) is 14.6. The number of hydrogen-bond acceptors (Lipinski definition) is 3. The van der Waals surface area contributed by atoms with E-state index in [2.05, 4.69) is 9.97 Å². The SMILES string of the molecule is NS(=O)(=O)c1ccccc1-c1ccc2[nH]c(C=Cc3ccccc3Cl)nc2c1. The molecule has 0 amide bonds. The predicted molar refractivity (Wildman–Crippen MR) is 113 cm³/mol. The van der Waals surface area contributed by atoms with Crippen molar-refractivity contribution in [1.29, 1.82) is 0 Å². The van der Waals surface area contributed by atoms with E-state index in [1.54, 1.807) is 18.2 Å². The summed E-state index contributed by atoms with van der Waals surface area (Å²) in [5.41, 5.74) is 3.73. The third-order valence-corrected chi connectivity index (χ3v) is 5.65. The number of nitrogens with two attached hydrogens (primary N) is 1. The Bertz CT molecular complexity index is 1310. The quantitative estimate of drug-likeness (QED) is 0.512. The summed E-state index contributed by atoms with van der Waals surface area (Å²) in [7, 11) is -3.82. The predicted octanol–water partition coefficient (Wildman–Crippen LogP) is 4.70. The molecule has 0 atom stereocenters. The van der Waals surface area contributed by atoms with Crippen LogP contribution in [0.4, 0.5) is 0 Å². The molecule has 4 rings (SSSR count). The highest BCUT2D eigenvalue weighted by Crippen LogP contribution is 2.29. The first-order valence-corrected chi connectivity index (χ1v) is 10.4. The second-order valence-electron chi connectivity index (χ2n) is 6.25. The van der Waals surface area contributed by atoms with Crippen molar-refractivity contribution in [2.75, 3.05) is 0 Å². The van der Waals surface area contributed by atoms with Gasteiger partial charge in [-0.1, -0.05) is 54.1 Å². The molecule has 4 aromatic rings. The maximum atomic E-state index is 11.9. The molecule has 3 aromatic carbocycles. The van der Waals surface area contributed by atoms with Crippen LogP contribution in [-0.2, 0) is 10.0 Å². The lowest BCUT2D eigenvalue weighted by atomic mass is 10.1. The summed E-state index contributed by atoms with van der Waals surface area (Å²) in [6.07, 6.45) is 3.73. The minimum absolute atomic E-state index is 0.0868. The highest BCUT2D eigenvalue weighted by molar-refractivity contribution is 7.89. The summed E-state index contributed by atoms with van der Waals surface area (Å²) >= 11 is 6.17. The van der Waals surface area contributed by atoms with Crippen LogP contribution in [0.2, 0.25) is 5.02 Å². The van der Waals surface area contributed by atoms with Gasteiger partial charge in [-0.2, -0.15) is 0 Å². The van der Waals surface area contributed by atoms with Gasteiger partial charge in [-0.15, -0.1) is 0 Å². The van der Waals surface area contributed by atoms with Gasteiger partial charge in [-0.3, -0.25) is 0 Å². The summed E-state index contributed by atoms with van der Waals surface area (Å²) in [5, 5.41) is 6.01. The number of benzene rings is 3. The van der Waals surface area contributed by atoms with Gasteiger partial charge in [0, 0.05) is 10.6 Å². The van der Waals surface area contributed by atoms with Gasteiger partial charge in [-0.05, 0) is 47.5 Å². The zero-order chi connectivity index (χ0) is 19.7. The van der Waals surface area contributed by atoms with Crippen LogP contribution in [0.25, 0.3) is 34.3 Å². The van der Waals surface area contributed by atoms with Gasteiger partial charge < -0.3 is 4.98 Å². The molecular formula is C21H16ClN3O2S. The van der Waals surface area contributed by atoms with Gasteiger partial charge in [-0.25, -0.2) is 18.5 Å². The lowest BCUT2D eigenvalue weighted by molar-refractivity contribution is 0.598. The van der Waals surface area contributed by atoms with Gasteiger partial charge in [0.15, 0.2) is 0 Å². The molecule has 28 heavy (non-hydrogen) atoms. The molecule has 1 heterocycles. The molecule has 5 nitrogen and oxygen atoms in total. The number of rotatable bonds is 4. The van der Waals surface area contributed by atoms with Crippen LogP contribution in [0.3, 0.4) is 0 Å². The largest absolute Gasteiger partial charge is 0.338 e. The van der Waals surface area contributed by atoms with Crippen molar-refractivity contribution in [3.05, 3.63) is 83.1 Å². The monoisotopic (exact) mass is 409 g/mol. The second-order valence-corrected chi connectivity index (χ2v) is 8.19. The molecule has 0 aliphatic carbocycles. The highest BCUT2D eigenvalue weighted by Gasteiger charge is 2.15. The number of primary sulfonamides is 1. The lowest BCUT2D eigenvalue weighted by Gasteiger charge is -2.07. The fourth-order valence-corrected chi connectivity index (χ4v) is 3.96. The Kier molecular flexibility index (Phi) is 4.77. The second kappa shape index (κ2) is 7.24. The molecule has 0 saturated carbocycles. The Balaban J connectivity index is 1.73. The van der Waals surface area contributed by atoms with Crippen molar-refractivity contribution in [3.8, 4) is 11.1 Å². The molecule has 0 spiro atoms. The Morgan fingerprint density at radius 2 is 1.71 bits per heavy atom. The molecule has 0 aliphatic rings. The van der Waals surface area contributed by atoms with Crippen molar-refractivity contribution < 1.29 is 8.42 Å². The third-order valence-electron chi connectivity index (χ3n) is 4.33. The van der Waals surface area contributed by atoms with E-state index in [-0.39, 0.29) is 4.90 Å². The Morgan fingerprint density at radius 1 is 0.964 bits per heavy atom. The van der Waals surface area contributed by atoms with E-state index in [0.29, 0.717) is 16.4 Å². The van der Waals surface area contributed by atoms with Crippen LogP contribution in [0.1, 0.15) is 11.4 Å². The van der Waals surface area contributed by atoms with E-state index >= 15 is 0 Å². The fourth-order valence-electron chi connectivity index (χ4n) is 3.00. The summed E-state index contributed by atoms with van der Waals surface area (Å²) in [4.78, 5) is 7.88. The third kappa shape index (κ3) is 3.71. The topological polar surface area (TPSA) is 88.8 Å². The van der Waals surface area contributed by atoms with Crippen LogP contribution < -0.4 is 5.14 Å². The van der Waals surface area contributed by atoms with Gasteiger partial charge in [0.05, 0.1) is 15.9 Å². The Labute approximate surface area is 167 Å². The van der Waals surface area contributed by atoms with Crippen molar-refractivity contribution in [2.24, 2.45) is 5.14 Å². The van der Waals surface area contributed by atoms with Crippen molar-refractivity contribution in [1.82, 2.24) is 9.97 Å². The van der Waals surface area contributed by atoms with Crippen LogP contribution >= 0.6 is 11.6 Å². The van der Waals surface area contributed by atoms with Crippen molar-refractivity contribution in [2.45, 2.75) is 4.90 Å². The summed E-state index contributed by atoms with van der Waals surface area (Å²) in [6, 6.07) is 19.7. The first kappa shape index (κ1) is 18.4. The number of hydrogen-bond donors (Lipinski definition) is 2. The number of aromatic amines is 1. The Hall–Kier alpha value is -2.93. The van der Waals surface area contributed by atoms with Crippen molar-refractivity contribution in [3.63, 3.8) is 0 Å². The number of imidazole rings is 1. The van der Waals surface area contributed by atoms with Crippen molar-refractivity contribution >= 4 is 44.8 Å². The molecule has 1 aromatic heterocycles. The first-order chi connectivity index (χ1) is 13.4. The normalized spacial score (nSPS) is 12.1. The minimum Gasteiger partial charge on any atom is -0.338 e. The van der Waals surface area contributed by atoms with Crippen LogP contribution in [0.5, 0.6) is 0 Å². The molecule has 0 bridgehead atoms. The van der Waals surface area contributed by atoms with E-state index in [0.717, 1.165) is 22.2 Å². The zero-order valence-corrected chi connectivity index (χ0v) is 16.2. The molecule has 0 aliphatic heterocycles. The molecule has 0 saturated heterocycles. The van der Waals surface area contributed by atoms with Gasteiger partial charge >= 0.3 is 0 Å². The number of H-pyrrole nitrogens is 1. The number of aromatic nitrogens is 2. The fraction of sp³-hybridized carbons (Fsp3) is 0. The standard InChI is InChI=1S/C21H16ClN3O2S/c22-17-7-3-1-5-14(17)10-12-21-24-18-11-9-15(13-19(18)25-21)16-6-2-4-8-20(16)28(23,26)27/h1-13H,(H,24,25)(H2,23,26,27). The van der Waals surface area contributed by atoms with Gasteiger partial charge in [0.25, 0.3) is 0 Å². The average molecular weight is 410 g/mol. The number of sulfonamides is 1. The first-order valence-electron chi connectivity index (χ1n) is 8.46. The molecule has 140 valence electrons. The number of nitrogens with one attached hydrogen (secondary N) is 1. The maximum absolute atomic E-state index is 11.9. The molecule has 3 N–H and O–H groups in total. The molecular weight excluding hydrogens is 394 g/mol. The molecule has 0 unspecified atom stereocenters. The van der Waals surface area contributed by atoms with E-state index in [1.807, 2.05) is 54.6 Å². The molecule has 0 radical (unpaired) electrons. The van der Waals surface area contributed by atoms with Crippen LogP contribution in [0.15, 0.2) is 71.6 Å². The summed E-state index contributed by atoms with van der Waals surface area (Å²) in [5.74, 6) is 0.673. The smallest absolute Gasteiger partial charge is 0.238 e. The van der Waals surface area contributed by atoms with Gasteiger partial charge in [0.2, 0.25) is 10.0 Å². The summed E-state index contributed by atoms with van der Waals surface area (Å²) < 4.78 is 23.8. The van der Waals surface area contributed by atoms with E-state index in [4.69, 9.17) is 16.7 Å². The van der Waals surface area contributed by atoms with E-state index in [9.17, 15) is 8.42 Å². The Morgan fingerprint density at radius 3 is 2.50 bits per heavy atom. The van der Waals surface area contributed by atoms with E-state index < -0.39 is 10.0 Å². The molecule has 7 heteroatoms. The number of fused-ring (bicyclic) bond motifs is 1. The maximum Gasteiger partial charge on any atom is 0.238 e. The average Bonchev–Trinajstić information content (AvgIpc) is 3.09. The van der Waals surface area contributed by atoms with E-state index in [1.165, 1.54) is 6.07 Å². The van der Waals surface area contributed by atoms with Crippen LogP contribution in [0, 0.1) is 0 Å². The van der Waals surface area contributed by atoms with Gasteiger partial charge in [0.1, 0.15) is 5.82 Å².